The number of aryl methyl sites for hydroxylation is 1. The molecule has 2 heterocycles. The predicted octanol–water partition coefficient (Wildman–Crippen LogP) is 5.55. The van der Waals surface area contributed by atoms with Gasteiger partial charge in [-0.1, -0.05) is 55.8 Å². The summed E-state index contributed by atoms with van der Waals surface area (Å²) in [7, 11) is -1.12. The molecule has 5 rings (SSSR count). The van der Waals surface area contributed by atoms with Gasteiger partial charge in [0.25, 0.3) is 11.5 Å². The lowest BCUT2D eigenvalue weighted by molar-refractivity contribution is 0.0828. The number of benzene rings is 3. The Balaban J connectivity index is 1.62. The number of anilines is 2. The van der Waals surface area contributed by atoms with Crippen LogP contribution in [0.2, 0.25) is 0 Å². The zero-order chi connectivity index (χ0) is 30.7. The molecule has 1 amide bonds. The van der Waals surface area contributed by atoms with Crippen LogP contribution in [0.25, 0.3) is 11.1 Å². The van der Waals surface area contributed by atoms with Gasteiger partial charge in [-0.05, 0) is 60.7 Å². The second-order valence-electron chi connectivity index (χ2n) is 10.7. The summed E-state index contributed by atoms with van der Waals surface area (Å²) in [5.74, 6) is -0.155. The lowest BCUT2D eigenvalue weighted by Crippen LogP contribution is -2.26. The summed E-state index contributed by atoms with van der Waals surface area (Å²) in [6, 6.07) is 20.4. The Morgan fingerprint density at radius 1 is 1.02 bits per heavy atom. The van der Waals surface area contributed by atoms with Crippen LogP contribution in [0.15, 0.2) is 87.4 Å². The zero-order valence-corrected chi connectivity index (χ0v) is 25.3. The van der Waals surface area contributed by atoms with Crippen molar-refractivity contribution in [3.8, 4) is 22.6 Å². The number of aromatic hydroxyl groups is 1. The van der Waals surface area contributed by atoms with Gasteiger partial charge in [-0.25, -0.2) is 8.42 Å². The van der Waals surface area contributed by atoms with Crippen molar-refractivity contribution in [1.29, 1.82) is 0 Å². The highest BCUT2D eigenvalue weighted by atomic mass is 32.2. The quantitative estimate of drug-likeness (QED) is 0.272. The SMILES string of the molecule is CCCCc1[nH]c(=O)c(S(=O)(=O)c2ccc(-c3ccccc3C(=O)N(C)C)cc2)c(O)c1N1CCCOc2ccccc21. The second kappa shape index (κ2) is 12.3. The smallest absolute Gasteiger partial charge is 0.271 e. The van der Waals surface area contributed by atoms with Crippen LogP contribution < -0.4 is 15.2 Å². The second-order valence-corrected chi connectivity index (χ2v) is 12.5. The first-order chi connectivity index (χ1) is 20.6. The number of pyridine rings is 1. The number of ether oxygens (including phenoxy) is 1. The van der Waals surface area contributed by atoms with Gasteiger partial charge in [-0.3, -0.25) is 9.59 Å². The maximum atomic E-state index is 14.0. The van der Waals surface area contributed by atoms with Gasteiger partial charge in [-0.2, -0.15) is 0 Å². The van der Waals surface area contributed by atoms with Crippen LogP contribution in [0.4, 0.5) is 11.4 Å². The first kappa shape index (κ1) is 29.9. The molecule has 0 fully saturated rings. The number of fused-ring (bicyclic) bond motifs is 1. The number of amides is 1. The number of para-hydroxylation sites is 2. The molecule has 4 aromatic rings. The summed E-state index contributed by atoms with van der Waals surface area (Å²) in [6.45, 7) is 2.93. The highest BCUT2D eigenvalue weighted by molar-refractivity contribution is 7.91. The Hall–Kier alpha value is -4.57. The minimum absolute atomic E-state index is 0.152. The first-order valence-corrected chi connectivity index (χ1v) is 15.8. The maximum absolute atomic E-state index is 14.0. The molecule has 1 aliphatic rings. The number of unbranched alkanes of at least 4 members (excludes halogenated alkanes) is 1. The predicted molar refractivity (Wildman–Crippen MR) is 166 cm³/mol. The van der Waals surface area contributed by atoms with Crippen molar-refractivity contribution < 1.29 is 23.1 Å². The Labute approximate surface area is 251 Å². The van der Waals surface area contributed by atoms with E-state index in [1.807, 2.05) is 36.1 Å². The van der Waals surface area contributed by atoms with E-state index >= 15 is 0 Å². The molecule has 9 nitrogen and oxygen atoms in total. The van der Waals surface area contributed by atoms with Gasteiger partial charge in [0.15, 0.2) is 10.6 Å². The van der Waals surface area contributed by atoms with Crippen molar-refractivity contribution in [2.75, 3.05) is 32.1 Å². The molecule has 0 spiro atoms. The molecular weight excluding hydrogens is 566 g/mol. The van der Waals surface area contributed by atoms with E-state index in [4.69, 9.17) is 4.74 Å². The summed E-state index contributed by atoms with van der Waals surface area (Å²) >= 11 is 0. The Morgan fingerprint density at radius 3 is 2.44 bits per heavy atom. The highest BCUT2D eigenvalue weighted by Gasteiger charge is 2.33. The van der Waals surface area contributed by atoms with Crippen LogP contribution in [-0.4, -0.2) is 56.6 Å². The van der Waals surface area contributed by atoms with E-state index in [2.05, 4.69) is 4.98 Å². The van der Waals surface area contributed by atoms with Crippen LogP contribution in [-0.2, 0) is 16.3 Å². The van der Waals surface area contributed by atoms with E-state index < -0.39 is 26.0 Å². The molecule has 1 aromatic heterocycles. The molecule has 0 radical (unpaired) electrons. The number of hydrogen-bond acceptors (Lipinski definition) is 7. The molecule has 0 atom stereocenters. The van der Waals surface area contributed by atoms with Gasteiger partial charge in [0.1, 0.15) is 11.4 Å². The maximum Gasteiger partial charge on any atom is 0.271 e. The fraction of sp³-hybridized carbons (Fsp3) is 0.273. The number of sulfone groups is 1. The van der Waals surface area contributed by atoms with Gasteiger partial charge in [0, 0.05) is 31.9 Å². The van der Waals surface area contributed by atoms with Crippen molar-refractivity contribution in [3.05, 3.63) is 94.4 Å². The van der Waals surface area contributed by atoms with E-state index in [1.54, 1.807) is 50.5 Å². The molecule has 10 heteroatoms. The van der Waals surface area contributed by atoms with E-state index in [-0.39, 0.29) is 16.5 Å². The van der Waals surface area contributed by atoms with Gasteiger partial charge in [-0.15, -0.1) is 0 Å². The molecule has 0 unspecified atom stereocenters. The topological polar surface area (TPSA) is 120 Å². The van der Waals surface area contributed by atoms with Gasteiger partial charge < -0.3 is 24.6 Å². The summed E-state index contributed by atoms with van der Waals surface area (Å²) in [6.07, 6.45) is 2.66. The number of hydrogen-bond donors (Lipinski definition) is 2. The number of rotatable bonds is 8. The Bertz CT molecular complexity index is 1810. The molecular formula is C33H35N3O6S. The minimum Gasteiger partial charge on any atom is -0.504 e. The molecule has 0 bridgehead atoms. The van der Waals surface area contributed by atoms with Crippen molar-refractivity contribution in [2.24, 2.45) is 0 Å². The average Bonchev–Trinajstić information content (AvgIpc) is 3.22. The molecule has 1 aliphatic heterocycles. The average molecular weight is 602 g/mol. The summed E-state index contributed by atoms with van der Waals surface area (Å²) < 4.78 is 33.9. The number of carbonyl (C=O) groups is 1. The van der Waals surface area contributed by atoms with E-state index in [0.717, 1.165) is 12.8 Å². The van der Waals surface area contributed by atoms with Crippen LogP contribution in [0.3, 0.4) is 0 Å². The molecule has 2 N–H and O–H groups in total. The number of nitrogens with zero attached hydrogens (tertiary/aromatic N) is 2. The van der Waals surface area contributed by atoms with Crippen LogP contribution in [0.5, 0.6) is 11.5 Å². The number of aromatic amines is 1. The molecule has 224 valence electrons. The number of H-pyrrole nitrogens is 1. The van der Waals surface area contributed by atoms with E-state index in [1.165, 1.54) is 17.0 Å². The third kappa shape index (κ3) is 5.75. The van der Waals surface area contributed by atoms with Crippen molar-refractivity contribution in [1.82, 2.24) is 9.88 Å². The summed E-state index contributed by atoms with van der Waals surface area (Å²) in [5, 5.41) is 11.7. The third-order valence-corrected chi connectivity index (χ3v) is 9.30. The van der Waals surface area contributed by atoms with Crippen LogP contribution >= 0.6 is 0 Å². The summed E-state index contributed by atoms with van der Waals surface area (Å²) in [4.78, 5) is 31.4. The number of carbonyl (C=O) groups excluding carboxylic acids is 1. The zero-order valence-electron chi connectivity index (χ0n) is 24.5. The third-order valence-electron chi connectivity index (χ3n) is 7.49. The van der Waals surface area contributed by atoms with Gasteiger partial charge in [0.2, 0.25) is 9.84 Å². The Morgan fingerprint density at radius 2 is 1.72 bits per heavy atom. The normalized spacial score (nSPS) is 13.1. The van der Waals surface area contributed by atoms with Crippen molar-refractivity contribution >= 4 is 27.1 Å². The largest absolute Gasteiger partial charge is 0.504 e. The lowest BCUT2D eigenvalue weighted by Gasteiger charge is -2.27. The fourth-order valence-corrected chi connectivity index (χ4v) is 6.72. The van der Waals surface area contributed by atoms with Crippen LogP contribution in [0.1, 0.15) is 42.2 Å². The van der Waals surface area contributed by atoms with Crippen molar-refractivity contribution in [2.45, 2.75) is 42.4 Å². The first-order valence-electron chi connectivity index (χ1n) is 14.3. The Kier molecular flexibility index (Phi) is 8.59. The van der Waals surface area contributed by atoms with E-state index in [0.29, 0.717) is 59.8 Å². The van der Waals surface area contributed by atoms with Crippen LogP contribution in [0, 0.1) is 0 Å². The number of nitrogens with one attached hydrogen (secondary N) is 1. The molecule has 0 aliphatic carbocycles. The van der Waals surface area contributed by atoms with E-state index in [9.17, 15) is 23.1 Å². The highest BCUT2D eigenvalue weighted by Crippen LogP contribution is 2.44. The minimum atomic E-state index is -4.45. The summed E-state index contributed by atoms with van der Waals surface area (Å²) in [5.41, 5.74) is 2.30. The fourth-order valence-electron chi connectivity index (χ4n) is 5.34. The molecule has 43 heavy (non-hydrogen) atoms. The molecule has 0 saturated heterocycles. The van der Waals surface area contributed by atoms with Gasteiger partial charge in [0.05, 0.1) is 17.2 Å². The number of aromatic nitrogens is 1. The monoisotopic (exact) mass is 601 g/mol. The lowest BCUT2D eigenvalue weighted by atomic mass is 9.99. The standard InChI is InChI=1S/C33H35N3O6S/c1-4-5-13-26-29(36-20-10-21-42-28-15-9-8-14-27(28)36)30(37)31(32(38)34-26)43(40,41)23-18-16-22(17-19-23)24-11-6-7-12-25(24)33(39)35(2)3/h6-9,11-12,14-19H,4-5,10,13,20-21H2,1-3H3,(H2,34,37,38). The molecule has 0 saturated carbocycles. The molecule has 3 aromatic carbocycles. The van der Waals surface area contributed by atoms with Crippen molar-refractivity contribution in [3.63, 3.8) is 0 Å². The van der Waals surface area contributed by atoms with Gasteiger partial charge >= 0.3 is 0 Å².